The van der Waals surface area contributed by atoms with E-state index in [-0.39, 0.29) is 21.5 Å². The lowest BCUT2D eigenvalue weighted by Gasteiger charge is -2.28. The molecule has 28 heavy (non-hydrogen) atoms. The highest BCUT2D eigenvalue weighted by Gasteiger charge is 2.32. The highest BCUT2D eigenvalue weighted by Crippen LogP contribution is 2.40. The van der Waals surface area contributed by atoms with Gasteiger partial charge in [0.25, 0.3) is 0 Å². The molecule has 5 heteroatoms. The van der Waals surface area contributed by atoms with E-state index in [0.717, 1.165) is 30.4 Å². The van der Waals surface area contributed by atoms with Gasteiger partial charge in [0.1, 0.15) is 16.7 Å². The van der Waals surface area contributed by atoms with E-state index in [0.29, 0.717) is 18.4 Å². The number of rotatable bonds is 3. The van der Waals surface area contributed by atoms with E-state index in [1.54, 1.807) is 12.1 Å². The van der Waals surface area contributed by atoms with Crippen LogP contribution in [0.5, 0.6) is 5.75 Å². The van der Waals surface area contributed by atoms with Gasteiger partial charge in [0, 0.05) is 11.1 Å². The Labute approximate surface area is 170 Å². The van der Waals surface area contributed by atoms with Crippen LogP contribution in [0.3, 0.4) is 0 Å². The fraction of sp³-hybridized carbons (Fsp3) is 0.609. The first-order valence-corrected chi connectivity index (χ1v) is 11.6. The van der Waals surface area contributed by atoms with Crippen molar-refractivity contribution in [3.8, 4) is 11.8 Å². The minimum atomic E-state index is -3.64. The second-order valence-corrected chi connectivity index (χ2v) is 12.1. The number of nitriles is 1. The summed E-state index contributed by atoms with van der Waals surface area (Å²) in [5.41, 5.74) is 1.51. The van der Waals surface area contributed by atoms with Crippen molar-refractivity contribution < 1.29 is 13.5 Å². The number of phenols is 1. The van der Waals surface area contributed by atoms with Crippen molar-refractivity contribution in [2.75, 3.05) is 0 Å². The molecular formula is C23H33NO3S. The largest absolute Gasteiger partial charge is 0.507 e. The summed E-state index contributed by atoms with van der Waals surface area (Å²) in [6.07, 6.45) is 5.57. The van der Waals surface area contributed by atoms with Crippen molar-refractivity contribution in [3.05, 3.63) is 33.7 Å². The van der Waals surface area contributed by atoms with Gasteiger partial charge in [-0.05, 0) is 47.4 Å². The van der Waals surface area contributed by atoms with Crippen molar-refractivity contribution >= 4 is 15.9 Å². The Morgan fingerprint density at radius 1 is 1.04 bits per heavy atom. The van der Waals surface area contributed by atoms with Gasteiger partial charge in [0.15, 0.2) is 9.84 Å². The number of allylic oxidation sites excluding steroid dienone is 1. The third kappa shape index (κ3) is 4.78. The Balaban J connectivity index is 2.64. The summed E-state index contributed by atoms with van der Waals surface area (Å²) in [5.74, 6) is 0.241. The molecule has 1 N–H and O–H groups in total. The number of hydrogen-bond acceptors (Lipinski definition) is 4. The zero-order chi connectivity index (χ0) is 21.3. The molecule has 154 valence electrons. The summed E-state index contributed by atoms with van der Waals surface area (Å²) in [4.78, 5) is -0.176. The summed E-state index contributed by atoms with van der Waals surface area (Å²) in [6, 6.07) is 5.54. The molecule has 1 aliphatic carbocycles. The molecule has 0 saturated heterocycles. The van der Waals surface area contributed by atoms with Crippen LogP contribution in [0, 0.1) is 11.3 Å². The number of benzene rings is 1. The third-order valence-corrected chi connectivity index (χ3v) is 7.63. The average molecular weight is 404 g/mol. The molecule has 0 aromatic heterocycles. The minimum Gasteiger partial charge on any atom is -0.507 e. The van der Waals surface area contributed by atoms with Gasteiger partial charge in [-0.25, -0.2) is 8.42 Å². The predicted octanol–water partition coefficient (Wildman–Crippen LogP) is 5.60. The highest BCUT2D eigenvalue weighted by atomic mass is 32.2. The molecule has 0 radical (unpaired) electrons. The average Bonchev–Trinajstić information content (AvgIpc) is 2.59. The van der Waals surface area contributed by atoms with Crippen LogP contribution >= 0.6 is 0 Å². The van der Waals surface area contributed by atoms with Crippen LogP contribution in [-0.4, -0.2) is 18.8 Å². The van der Waals surface area contributed by atoms with Crippen LogP contribution in [0.1, 0.15) is 90.3 Å². The molecule has 0 amide bonds. The van der Waals surface area contributed by atoms with Crippen molar-refractivity contribution in [2.45, 2.75) is 89.7 Å². The van der Waals surface area contributed by atoms with Crippen molar-refractivity contribution in [3.63, 3.8) is 0 Å². The lowest BCUT2D eigenvalue weighted by Crippen LogP contribution is -2.25. The topological polar surface area (TPSA) is 78.2 Å². The van der Waals surface area contributed by atoms with E-state index in [1.165, 1.54) is 6.08 Å². The van der Waals surface area contributed by atoms with E-state index in [9.17, 15) is 18.8 Å². The van der Waals surface area contributed by atoms with E-state index >= 15 is 0 Å². The predicted molar refractivity (Wildman–Crippen MR) is 115 cm³/mol. The molecule has 1 saturated carbocycles. The SMILES string of the molecule is CC(C)(C)c1cc(/C=C(/C#N)S(=O)(=O)C2CCCCC2)cc(C(C)(C)C)c1O. The number of nitrogens with zero attached hydrogens (tertiary/aromatic N) is 1. The van der Waals surface area contributed by atoms with Crippen molar-refractivity contribution in [1.82, 2.24) is 0 Å². The van der Waals surface area contributed by atoms with E-state index < -0.39 is 15.1 Å². The monoisotopic (exact) mass is 403 g/mol. The summed E-state index contributed by atoms with van der Waals surface area (Å²) in [5, 5.41) is 20.0. The zero-order valence-corrected chi connectivity index (χ0v) is 18.8. The molecule has 0 aliphatic heterocycles. The summed E-state index contributed by atoms with van der Waals surface area (Å²) < 4.78 is 26.0. The van der Waals surface area contributed by atoms with E-state index in [4.69, 9.17) is 0 Å². The Kier molecular flexibility index (Phi) is 6.35. The summed E-state index contributed by atoms with van der Waals surface area (Å²) in [6.45, 7) is 12.0. The maximum Gasteiger partial charge on any atom is 0.191 e. The number of sulfone groups is 1. The molecule has 4 nitrogen and oxygen atoms in total. The molecule has 1 aromatic carbocycles. The molecule has 0 bridgehead atoms. The molecule has 0 heterocycles. The Bertz CT molecular complexity index is 866. The molecule has 0 spiro atoms. The standard InChI is InChI=1S/C23H33NO3S/c1-22(2,3)19-13-16(14-20(21(19)25)23(4,5)6)12-18(15-24)28(26,27)17-10-8-7-9-11-17/h12-14,17,25H,7-11H2,1-6H3/b18-12-. The van der Waals surface area contributed by atoms with Crippen LogP contribution in [0.25, 0.3) is 6.08 Å². The minimum absolute atomic E-state index is 0.176. The van der Waals surface area contributed by atoms with Gasteiger partial charge < -0.3 is 5.11 Å². The van der Waals surface area contributed by atoms with Gasteiger partial charge in [0.2, 0.25) is 0 Å². The smallest absolute Gasteiger partial charge is 0.191 e. The molecule has 1 aliphatic rings. The number of aromatic hydroxyl groups is 1. The first kappa shape index (κ1) is 22.5. The fourth-order valence-corrected chi connectivity index (χ4v) is 5.51. The van der Waals surface area contributed by atoms with Gasteiger partial charge in [0.05, 0.1) is 5.25 Å². The van der Waals surface area contributed by atoms with Crippen LogP contribution < -0.4 is 0 Å². The van der Waals surface area contributed by atoms with Gasteiger partial charge in [-0.2, -0.15) is 5.26 Å². The molecular weight excluding hydrogens is 370 g/mol. The lowest BCUT2D eigenvalue weighted by atomic mass is 9.78. The van der Waals surface area contributed by atoms with Crippen LogP contribution in [0.15, 0.2) is 17.0 Å². The Morgan fingerprint density at radius 3 is 1.89 bits per heavy atom. The highest BCUT2D eigenvalue weighted by molar-refractivity contribution is 7.96. The third-order valence-electron chi connectivity index (χ3n) is 5.45. The summed E-state index contributed by atoms with van der Waals surface area (Å²) >= 11 is 0. The van der Waals surface area contributed by atoms with Crippen LogP contribution in [0.2, 0.25) is 0 Å². The van der Waals surface area contributed by atoms with Gasteiger partial charge in [-0.15, -0.1) is 0 Å². The van der Waals surface area contributed by atoms with Gasteiger partial charge in [-0.3, -0.25) is 0 Å². The number of hydrogen-bond donors (Lipinski definition) is 1. The molecule has 1 aromatic rings. The first-order chi connectivity index (χ1) is 12.8. The van der Waals surface area contributed by atoms with Gasteiger partial charge >= 0.3 is 0 Å². The van der Waals surface area contributed by atoms with E-state index in [2.05, 4.69) is 0 Å². The number of phenolic OH excluding ortho intramolecular Hbond substituents is 1. The maximum absolute atomic E-state index is 13.0. The summed E-state index contributed by atoms with van der Waals surface area (Å²) in [7, 11) is -3.64. The molecule has 0 unspecified atom stereocenters. The molecule has 2 rings (SSSR count). The lowest BCUT2D eigenvalue weighted by molar-refractivity contribution is 0.423. The fourth-order valence-electron chi connectivity index (χ4n) is 3.77. The van der Waals surface area contributed by atoms with Crippen molar-refractivity contribution in [1.29, 1.82) is 5.26 Å². The Morgan fingerprint density at radius 2 is 1.50 bits per heavy atom. The second-order valence-electron chi connectivity index (χ2n) is 9.89. The van der Waals surface area contributed by atoms with Crippen LogP contribution in [0.4, 0.5) is 0 Å². The quantitative estimate of drug-likeness (QED) is 0.666. The first-order valence-electron chi connectivity index (χ1n) is 10.0. The van der Waals surface area contributed by atoms with Gasteiger partial charge in [-0.1, -0.05) is 60.8 Å². The molecule has 1 fully saturated rings. The molecule has 0 atom stereocenters. The zero-order valence-electron chi connectivity index (χ0n) is 18.0. The Hall–Kier alpha value is -1.80. The second kappa shape index (κ2) is 7.91. The maximum atomic E-state index is 13.0. The van der Waals surface area contributed by atoms with Crippen molar-refractivity contribution in [2.24, 2.45) is 0 Å². The van der Waals surface area contributed by atoms with E-state index in [1.807, 2.05) is 47.6 Å². The van der Waals surface area contributed by atoms with Crippen LogP contribution in [-0.2, 0) is 20.7 Å². The normalized spacial score (nSPS) is 17.4.